The van der Waals surface area contributed by atoms with Gasteiger partial charge in [0.25, 0.3) is 5.08 Å². The maximum Gasteiger partial charge on any atom is 0.373 e. The largest absolute Gasteiger partial charge is 0.373 e. The van der Waals surface area contributed by atoms with Crippen LogP contribution in [0.5, 0.6) is 0 Å². The van der Waals surface area contributed by atoms with Crippen molar-refractivity contribution >= 4 is 15.2 Å². The van der Waals surface area contributed by atoms with Crippen LogP contribution in [-0.2, 0) is 9.13 Å². The number of rotatable bonds is 3. The molecule has 0 bridgehead atoms. The molecule has 0 aliphatic carbocycles. The fourth-order valence-electron chi connectivity index (χ4n) is 0.667. The van der Waals surface area contributed by atoms with Gasteiger partial charge in [-0.3, -0.25) is 9.13 Å². The van der Waals surface area contributed by atoms with Gasteiger partial charge in [-0.2, -0.15) is 0 Å². The van der Waals surface area contributed by atoms with Gasteiger partial charge in [0.2, 0.25) is 0 Å². The van der Waals surface area contributed by atoms with Gasteiger partial charge in [0.1, 0.15) is 0 Å². The summed E-state index contributed by atoms with van der Waals surface area (Å²) in [6.45, 7) is 3.84. The van der Waals surface area contributed by atoms with Crippen molar-refractivity contribution in [2.75, 3.05) is 0 Å². The molecule has 0 aromatic heterocycles. The second kappa shape index (κ2) is 3.29. The molecule has 0 aliphatic rings. The molecule has 0 heterocycles. The minimum absolute atomic E-state index is 0.686. The van der Waals surface area contributed by atoms with Gasteiger partial charge in [-0.05, 0) is 12.5 Å². The summed E-state index contributed by atoms with van der Waals surface area (Å²) in [5.74, 6) is 0. The van der Waals surface area contributed by atoms with Crippen molar-refractivity contribution in [1.82, 2.24) is 0 Å². The van der Waals surface area contributed by atoms with Crippen LogP contribution in [0.1, 0.15) is 6.92 Å². The Morgan fingerprint density at radius 3 is 1.38 bits per heavy atom. The highest BCUT2D eigenvalue weighted by Crippen LogP contribution is 2.69. The molecule has 0 atom stereocenters. The Hall–Kier alpha value is -0.0000000000000000416. The first-order valence-corrected chi connectivity index (χ1v) is 6.16. The Morgan fingerprint density at radius 2 is 1.38 bits per heavy atom. The zero-order valence-electron chi connectivity index (χ0n) is 6.65. The molecule has 0 rings (SSSR count). The average Bonchev–Trinajstić information content (AvgIpc) is 1.80. The van der Waals surface area contributed by atoms with Crippen molar-refractivity contribution in [2.45, 2.75) is 12.0 Å². The third kappa shape index (κ3) is 2.08. The summed E-state index contributed by atoms with van der Waals surface area (Å²) in [6.07, 6.45) is 0. The molecule has 0 amide bonds. The van der Waals surface area contributed by atoms with Crippen molar-refractivity contribution in [3.05, 3.63) is 12.2 Å². The lowest BCUT2D eigenvalue weighted by molar-refractivity contribution is 0.159. The van der Waals surface area contributed by atoms with Crippen molar-refractivity contribution in [1.29, 1.82) is 0 Å². The topological polar surface area (TPSA) is 135 Å². The van der Waals surface area contributed by atoms with Gasteiger partial charge in [0.05, 0.1) is 0 Å². The fraction of sp³-hybridized carbons (Fsp3) is 0.500. The average molecular weight is 232 g/mol. The molecule has 13 heavy (non-hydrogen) atoms. The molecule has 0 saturated heterocycles. The van der Waals surface area contributed by atoms with Crippen LogP contribution >= 0.6 is 15.2 Å². The molecule has 78 valence electrons. The normalized spacial score (nSPS) is 14.3. The molecule has 0 aliphatic heterocycles. The first-order valence-electron chi connectivity index (χ1n) is 2.94. The van der Waals surface area contributed by atoms with Crippen LogP contribution in [0.4, 0.5) is 0 Å². The van der Waals surface area contributed by atoms with Crippen LogP contribution in [0.2, 0.25) is 0 Å². The molecule has 0 unspecified atom stereocenters. The monoisotopic (exact) mass is 232 g/mol. The maximum absolute atomic E-state index is 10.6. The second-order valence-electron chi connectivity index (χ2n) is 2.50. The third-order valence-electron chi connectivity index (χ3n) is 1.38. The first-order chi connectivity index (χ1) is 5.44. The van der Waals surface area contributed by atoms with E-state index in [1.165, 1.54) is 0 Å². The van der Waals surface area contributed by atoms with E-state index in [1.807, 2.05) is 0 Å². The fourth-order valence-corrected chi connectivity index (χ4v) is 3.02. The minimum atomic E-state index is -5.37. The predicted molar refractivity (Wildman–Crippen MR) is 43.9 cm³/mol. The molecule has 0 fully saturated rings. The van der Waals surface area contributed by atoms with E-state index in [4.69, 9.17) is 24.7 Å². The lowest BCUT2D eigenvalue weighted by Crippen LogP contribution is -2.29. The highest BCUT2D eigenvalue weighted by molar-refractivity contribution is 7.72. The van der Waals surface area contributed by atoms with Gasteiger partial charge in [-0.25, -0.2) is 0 Å². The highest BCUT2D eigenvalue weighted by Gasteiger charge is 2.60. The molecular formula is C4H10O7P2. The standard InChI is InChI=1S/C4H10O7P2/c1-3(2)4(5,12(6,7)8)13(9,10)11/h5H,1H2,2H3,(H2,6,7,8)(H2,9,10,11). The molecule has 5 N–H and O–H groups in total. The van der Waals surface area contributed by atoms with Crippen LogP contribution in [0.15, 0.2) is 12.2 Å². The second-order valence-corrected chi connectivity index (χ2v) is 6.33. The van der Waals surface area contributed by atoms with Crippen molar-refractivity contribution < 1.29 is 33.8 Å². The van der Waals surface area contributed by atoms with Gasteiger partial charge in [0, 0.05) is 0 Å². The summed E-state index contributed by atoms with van der Waals surface area (Å²) in [5, 5.41) is 5.65. The van der Waals surface area contributed by atoms with E-state index in [-0.39, 0.29) is 0 Å². The lowest BCUT2D eigenvalue weighted by Gasteiger charge is -2.29. The van der Waals surface area contributed by atoms with E-state index >= 15 is 0 Å². The van der Waals surface area contributed by atoms with Crippen LogP contribution in [0.3, 0.4) is 0 Å². The molecule has 0 aromatic rings. The van der Waals surface area contributed by atoms with Gasteiger partial charge in [-0.15, -0.1) is 0 Å². The quantitative estimate of drug-likeness (QED) is 0.329. The summed E-state index contributed by atoms with van der Waals surface area (Å²) in [7, 11) is -10.7. The van der Waals surface area contributed by atoms with Gasteiger partial charge in [-0.1, -0.05) is 6.58 Å². The van der Waals surface area contributed by atoms with Crippen molar-refractivity contribution in [3.8, 4) is 0 Å². The van der Waals surface area contributed by atoms with E-state index in [9.17, 15) is 9.13 Å². The number of hydrogen-bond donors (Lipinski definition) is 5. The van der Waals surface area contributed by atoms with E-state index in [1.54, 1.807) is 0 Å². The Labute approximate surface area is 74.0 Å². The Morgan fingerprint density at radius 1 is 1.15 bits per heavy atom. The lowest BCUT2D eigenvalue weighted by atomic mass is 10.4. The van der Waals surface area contributed by atoms with E-state index in [2.05, 4.69) is 6.58 Å². The zero-order chi connectivity index (χ0) is 11.1. The molecule has 0 aromatic carbocycles. The van der Waals surface area contributed by atoms with Gasteiger partial charge in [0.15, 0.2) is 0 Å². The number of aliphatic hydroxyl groups is 1. The minimum Gasteiger partial charge on any atom is -0.364 e. The highest BCUT2D eigenvalue weighted by atomic mass is 31.2. The predicted octanol–water partition coefficient (Wildman–Crippen LogP) is -0.436. The van der Waals surface area contributed by atoms with Crippen LogP contribution in [0, 0.1) is 0 Å². The van der Waals surface area contributed by atoms with E-state index < -0.39 is 25.8 Å². The number of hydrogen-bond acceptors (Lipinski definition) is 3. The van der Waals surface area contributed by atoms with Gasteiger partial charge >= 0.3 is 15.2 Å². The van der Waals surface area contributed by atoms with Crippen LogP contribution < -0.4 is 0 Å². The molecular weight excluding hydrogens is 222 g/mol. The molecule has 0 radical (unpaired) electrons. The maximum atomic E-state index is 10.6. The summed E-state index contributed by atoms with van der Waals surface area (Å²) < 4.78 is 21.3. The zero-order valence-corrected chi connectivity index (χ0v) is 8.44. The smallest absolute Gasteiger partial charge is 0.364 e. The van der Waals surface area contributed by atoms with Gasteiger partial charge < -0.3 is 24.7 Å². The summed E-state index contributed by atoms with van der Waals surface area (Å²) in [4.78, 5) is 34.2. The molecule has 9 heteroatoms. The van der Waals surface area contributed by atoms with Crippen molar-refractivity contribution in [3.63, 3.8) is 0 Å². The summed E-state index contributed by atoms with van der Waals surface area (Å²) in [6, 6.07) is 0. The van der Waals surface area contributed by atoms with E-state index in [0.29, 0.717) is 0 Å². The Balaban J connectivity index is 5.64. The Kier molecular flexibility index (Phi) is 3.29. The van der Waals surface area contributed by atoms with Crippen molar-refractivity contribution in [2.24, 2.45) is 0 Å². The van der Waals surface area contributed by atoms with E-state index in [0.717, 1.165) is 6.92 Å². The SMILES string of the molecule is C=C(C)C(O)(P(=O)(O)O)P(=O)(O)O. The van der Waals surface area contributed by atoms with Crippen LogP contribution in [-0.4, -0.2) is 29.8 Å². The van der Waals surface area contributed by atoms with Crippen LogP contribution in [0.25, 0.3) is 0 Å². The molecule has 0 saturated carbocycles. The summed E-state index contributed by atoms with van der Waals surface area (Å²) >= 11 is 0. The molecule has 0 spiro atoms. The first kappa shape index (κ1) is 13.0. The summed E-state index contributed by atoms with van der Waals surface area (Å²) in [5.41, 5.74) is -0.686. The molecule has 7 nitrogen and oxygen atoms in total. The Bertz CT molecular complexity index is 286. The third-order valence-corrected chi connectivity index (χ3v) is 5.34.